The molecule has 1 amide bonds. The number of nitro benzene ring substituents is 1. The molecule has 0 aromatic heterocycles. The van der Waals surface area contributed by atoms with Crippen molar-refractivity contribution in [2.24, 2.45) is 5.10 Å². The number of nitrogens with zero attached hydrogens (tertiary/aromatic N) is 2. The Morgan fingerprint density at radius 1 is 1.30 bits per heavy atom. The monoisotopic (exact) mass is 504 g/mol. The molecule has 10 nitrogen and oxygen atoms in total. The van der Waals surface area contributed by atoms with E-state index in [2.05, 4.69) is 10.4 Å². The average Bonchev–Trinajstić information content (AvgIpc) is 2.57. The van der Waals surface area contributed by atoms with Gasteiger partial charge < -0.3 is 10.4 Å². The van der Waals surface area contributed by atoms with Crippen LogP contribution in [0.2, 0.25) is 0 Å². The Balaban J connectivity index is 2.20. The highest BCUT2D eigenvalue weighted by atomic mass is 127. The van der Waals surface area contributed by atoms with Crippen molar-refractivity contribution in [1.29, 1.82) is 0 Å². The number of anilines is 1. The number of hydrogen-bond donors (Lipinski definition) is 3. The molecule has 2 rings (SSSR count). The van der Waals surface area contributed by atoms with Crippen molar-refractivity contribution >= 4 is 56.1 Å². The molecule has 0 unspecified atom stereocenters. The lowest BCUT2D eigenvalue weighted by atomic mass is 10.2. The molecule has 27 heavy (non-hydrogen) atoms. The number of carbonyl (C=O) groups is 1. The zero-order valence-corrected chi connectivity index (χ0v) is 16.7. The predicted molar refractivity (Wildman–Crippen MR) is 106 cm³/mol. The summed E-state index contributed by atoms with van der Waals surface area (Å²) < 4.78 is 24.9. The van der Waals surface area contributed by atoms with Gasteiger partial charge in [-0.3, -0.25) is 14.9 Å². The third-order valence-electron chi connectivity index (χ3n) is 3.14. The molecule has 0 radical (unpaired) electrons. The fourth-order valence-corrected chi connectivity index (χ4v) is 3.40. The van der Waals surface area contributed by atoms with Gasteiger partial charge in [0.2, 0.25) is 11.7 Å². The first-order chi connectivity index (χ1) is 12.6. The highest BCUT2D eigenvalue weighted by molar-refractivity contribution is 14.1. The Morgan fingerprint density at radius 2 is 1.93 bits per heavy atom. The number of carbonyl (C=O) groups excluding carboxylic acids is 1. The summed E-state index contributed by atoms with van der Waals surface area (Å²) in [5.41, 5.74) is -0.0990. The van der Waals surface area contributed by atoms with E-state index in [1.807, 2.05) is 27.4 Å². The summed E-state index contributed by atoms with van der Waals surface area (Å²) in [6.45, 7) is 1.32. The Labute approximate surface area is 167 Å². The zero-order valence-electron chi connectivity index (χ0n) is 13.7. The molecule has 0 bridgehead atoms. The maximum absolute atomic E-state index is 12.2. The molecule has 0 fully saturated rings. The maximum atomic E-state index is 12.2. The Morgan fingerprint density at radius 3 is 2.48 bits per heavy atom. The molecule has 0 spiro atoms. The van der Waals surface area contributed by atoms with Crippen molar-refractivity contribution in [3.63, 3.8) is 0 Å². The third kappa shape index (κ3) is 5.37. The Kier molecular flexibility index (Phi) is 6.32. The molecule has 2 aromatic rings. The van der Waals surface area contributed by atoms with Crippen LogP contribution in [0.1, 0.15) is 12.5 Å². The van der Waals surface area contributed by atoms with Crippen molar-refractivity contribution in [2.75, 3.05) is 5.32 Å². The first-order valence-corrected chi connectivity index (χ1v) is 9.76. The van der Waals surface area contributed by atoms with Crippen molar-refractivity contribution in [2.45, 2.75) is 11.8 Å². The number of hydrazone groups is 1. The molecule has 0 saturated carbocycles. The summed E-state index contributed by atoms with van der Waals surface area (Å²) in [6, 6.07) is 7.95. The second-order valence-electron chi connectivity index (χ2n) is 5.18. The summed E-state index contributed by atoms with van der Waals surface area (Å²) in [5, 5.41) is 26.8. The number of aromatic hydroxyl groups is 1. The van der Waals surface area contributed by atoms with E-state index in [0.29, 0.717) is 9.26 Å². The first-order valence-electron chi connectivity index (χ1n) is 7.19. The minimum Gasteiger partial charge on any atom is -0.502 e. The van der Waals surface area contributed by atoms with Gasteiger partial charge >= 0.3 is 5.69 Å². The van der Waals surface area contributed by atoms with E-state index in [1.54, 1.807) is 0 Å². The molecule has 142 valence electrons. The van der Waals surface area contributed by atoms with Gasteiger partial charge in [-0.25, -0.2) is 4.83 Å². The summed E-state index contributed by atoms with van der Waals surface area (Å²) in [6.07, 6.45) is 0.966. The summed E-state index contributed by atoms with van der Waals surface area (Å²) in [5.74, 6) is -0.914. The van der Waals surface area contributed by atoms with E-state index in [-0.39, 0.29) is 16.4 Å². The summed E-state index contributed by atoms with van der Waals surface area (Å²) >= 11 is 1.82. The van der Waals surface area contributed by atoms with Gasteiger partial charge in [0.1, 0.15) is 0 Å². The number of nitro groups is 1. The topological polar surface area (TPSA) is 151 Å². The molecule has 2 aromatic carbocycles. The molecular formula is C15H13IN4O6S. The van der Waals surface area contributed by atoms with E-state index in [0.717, 1.165) is 6.21 Å². The number of amides is 1. The highest BCUT2D eigenvalue weighted by Crippen LogP contribution is 2.30. The minimum atomic E-state index is -4.00. The number of phenols is 1. The fraction of sp³-hybridized carbons (Fsp3) is 0.0667. The number of sulfonamides is 1. The van der Waals surface area contributed by atoms with Gasteiger partial charge in [-0.1, -0.05) is 0 Å². The summed E-state index contributed by atoms with van der Waals surface area (Å²) in [4.78, 5) is 23.0. The lowest BCUT2D eigenvalue weighted by Gasteiger charge is -2.06. The van der Waals surface area contributed by atoms with E-state index < -0.39 is 26.4 Å². The predicted octanol–water partition coefficient (Wildman–Crippen LogP) is 2.18. The second-order valence-corrected chi connectivity index (χ2v) is 8.08. The molecule has 0 saturated heterocycles. The van der Waals surface area contributed by atoms with E-state index >= 15 is 0 Å². The Bertz CT molecular complexity index is 1020. The number of nitrogens with one attached hydrogen (secondary N) is 2. The van der Waals surface area contributed by atoms with Gasteiger partial charge in [-0.15, -0.1) is 0 Å². The van der Waals surface area contributed by atoms with Crippen LogP contribution in [0, 0.1) is 13.7 Å². The van der Waals surface area contributed by atoms with Crippen LogP contribution in [0.15, 0.2) is 46.4 Å². The number of phenolic OH excluding ortho intramolecular Hbond substituents is 1. The Hall–Kier alpha value is -2.74. The van der Waals surface area contributed by atoms with Gasteiger partial charge in [-0.2, -0.15) is 13.5 Å². The number of benzene rings is 2. The van der Waals surface area contributed by atoms with Gasteiger partial charge in [0.15, 0.2) is 0 Å². The maximum Gasteiger partial charge on any atom is 0.312 e. The van der Waals surface area contributed by atoms with Crippen molar-refractivity contribution in [1.82, 2.24) is 4.83 Å². The SMILES string of the molecule is CC(=O)Nc1ccc(S(=O)(=O)N/N=C\c2cc(I)cc([N+](=O)[O-])c2O)cc1. The second kappa shape index (κ2) is 8.30. The largest absolute Gasteiger partial charge is 0.502 e. The zero-order chi connectivity index (χ0) is 20.2. The van der Waals surface area contributed by atoms with E-state index in [9.17, 15) is 28.4 Å². The van der Waals surface area contributed by atoms with Crippen LogP contribution in [0.3, 0.4) is 0 Å². The molecular weight excluding hydrogens is 491 g/mol. The van der Waals surface area contributed by atoms with Crippen LogP contribution < -0.4 is 10.1 Å². The van der Waals surface area contributed by atoms with Crippen molar-refractivity contribution in [3.05, 3.63) is 55.6 Å². The van der Waals surface area contributed by atoms with Crippen LogP contribution in [0.4, 0.5) is 11.4 Å². The smallest absolute Gasteiger partial charge is 0.312 e. The number of halogens is 1. The van der Waals surface area contributed by atoms with Crippen LogP contribution >= 0.6 is 22.6 Å². The van der Waals surface area contributed by atoms with Gasteiger partial charge in [0, 0.05) is 27.8 Å². The standard InChI is InChI=1S/C15H13IN4O6S/c1-9(21)18-12-2-4-13(5-3-12)27(25,26)19-17-8-10-6-11(16)7-14(15(10)22)20(23)24/h2-8,19,22H,1H3,(H,18,21)/b17-8-. The van der Waals surface area contributed by atoms with Crippen molar-refractivity contribution < 1.29 is 23.2 Å². The van der Waals surface area contributed by atoms with Crippen LogP contribution in [-0.4, -0.2) is 30.6 Å². The quantitative estimate of drug-likeness (QED) is 0.238. The van der Waals surface area contributed by atoms with E-state index in [4.69, 9.17) is 0 Å². The fourth-order valence-electron chi connectivity index (χ4n) is 1.98. The summed E-state index contributed by atoms with van der Waals surface area (Å²) in [7, 11) is -4.00. The molecule has 3 N–H and O–H groups in total. The average molecular weight is 504 g/mol. The molecule has 0 aliphatic carbocycles. The molecule has 0 heterocycles. The first kappa shape index (κ1) is 20.6. The lowest BCUT2D eigenvalue weighted by Crippen LogP contribution is -2.18. The molecule has 0 aliphatic rings. The third-order valence-corrected chi connectivity index (χ3v) is 5.00. The lowest BCUT2D eigenvalue weighted by molar-refractivity contribution is -0.386. The van der Waals surface area contributed by atoms with Gasteiger partial charge in [0.05, 0.1) is 16.0 Å². The minimum absolute atomic E-state index is 0.0164. The van der Waals surface area contributed by atoms with Crippen LogP contribution in [-0.2, 0) is 14.8 Å². The van der Waals surface area contributed by atoms with Gasteiger partial charge in [-0.05, 0) is 52.9 Å². The number of hydrogen-bond acceptors (Lipinski definition) is 7. The van der Waals surface area contributed by atoms with Gasteiger partial charge in [0.25, 0.3) is 10.0 Å². The normalized spacial score (nSPS) is 11.3. The van der Waals surface area contributed by atoms with Crippen LogP contribution in [0.5, 0.6) is 5.75 Å². The molecule has 0 atom stereocenters. The van der Waals surface area contributed by atoms with E-state index in [1.165, 1.54) is 43.3 Å². The number of rotatable bonds is 6. The highest BCUT2D eigenvalue weighted by Gasteiger charge is 2.18. The van der Waals surface area contributed by atoms with Crippen LogP contribution in [0.25, 0.3) is 0 Å². The molecule has 0 aliphatic heterocycles. The molecule has 12 heteroatoms. The van der Waals surface area contributed by atoms with Crippen molar-refractivity contribution in [3.8, 4) is 5.75 Å².